The van der Waals surface area contributed by atoms with Gasteiger partial charge in [-0.1, -0.05) is 11.6 Å². The lowest BCUT2D eigenvalue weighted by molar-refractivity contribution is 0.103. The Morgan fingerprint density at radius 3 is 2.61 bits per heavy atom. The van der Waals surface area contributed by atoms with Crippen LogP contribution in [0, 0.1) is 6.92 Å². The van der Waals surface area contributed by atoms with E-state index in [2.05, 4.69) is 4.98 Å². The Labute approximate surface area is 110 Å². The quantitative estimate of drug-likeness (QED) is 0.643. The summed E-state index contributed by atoms with van der Waals surface area (Å²) in [5, 5.41) is 0.348. The van der Waals surface area contributed by atoms with E-state index >= 15 is 0 Å². The highest BCUT2D eigenvalue weighted by Gasteiger charge is 2.16. The number of hydrogen-bond donors (Lipinski definition) is 2. The van der Waals surface area contributed by atoms with E-state index in [1.54, 1.807) is 24.4 Å². The Morgan fingerprint density at radius 1 is 1.28 bits per heavy atom. The van der Waals surface area contributed by atoms with E-state index in [-0.39, 0.29) is 11.6 Å². The maximum atomic E-state index is 12.3. The first-order valence-corrected chi connectivity index (χ1v) is 5.69. The zero-order valence-corrected chi connectivity index (χ0v) is 10.5. The number of aryl methyl sites for hydroxylation is 1. The Balaban J connectivity index is 2.51. The van der Waals surface area contributed by atoms with Crippen molar-refractivity contribution in [1.29, 1.82) is 0 Å². The van der Waals surface area contributed by atoms with Gasteiger partial charge in [0, 0.05) is 11.8 Å². The number of hydrogen-bond acceptors (Lipinski definition) is 4. The molecule has 0 aliphatic heterocycles. The number of nitrogens with zero attached hydrogens (tertiary/aromatic N) is 1. The number of pyridine rings is 1. The number of ketones is 1. The molecule has 0 saturated carbocycles. The first-order valence-electron chi connectivity index (χ1n) is 5.31. The van der Waals surface area contributed by atoms with E-state index < -0.39 is 0 Å². The number of aromatic nitrogens is 1. The first-order chi connectivity index (χ1) is 8.50. The number of nitrogen functional groups attached to an aromatic ring is 2. The Bertz CT molecular complexity index is 605. The van der Waals surface area contributed by atoms with Crippen LogP contribution in [0.1, 0.15) is 21.5 Å². The van der Waals surface area contributed by atoms with E-state index in [0.29, 0.717) is 21.8 Å². The molecule has 0 aliphatic carbocycles. The highest BCUT2D eigenvalue weighted by atomic mass is 35.5. The summed E-state index contributed by atoms with van der Waals surface area (Å²) in [7, 11) is 0. The summed E-state index contributed by atoms with van der Waals surface area (Å²) in [5.74, 6) is 0.00736. The summed E-state index contributed by atoms with van der Waals surface area (Å²) in [6.07, 6.45) is 1.57. The van der Waals surface area contributed by atoms with Crippen molar-refractivity contribution in [1.82, 2.24) is 4.98 Å². The third kappa shape index (κ3) is 2.15. The lowest BCUT2D eigenvalue weighted by Crippen LogP contribution is -2.09. The van der Waals surface area contributed by atoms with Crippen LogP contribution < -0.4 is 11.5 Å². The summed E-state index contributed by atoms with van der Waals surface area (Å²) in [5.41, 5.74) is 13.4. The molecule has 92 valence electrons. The van der Waals surface area contributed by atoms with Crippen molar-refractivity contribution in [2.45, 2.75) is 6.92 Å². The summed E-state index contributed by atoms with van der Waals surface area (Å²) in [6, 6.07) is 6.49. The van der Waals surface area contributed by atoms with Crippen molar-refractivity contribution in [2.75, 3.05) is 11.5 Å². The maximum absolute atomic E-state index is 12.3. The lowest BCUT2D eigenvalue weighted by Gasteiger charge is -2.08. The third-order valence-corrected chi connectivity index (χ3v) is 3.01. The number of carbonyl (C=O) groups excluding carboxylic acids is 1. The SMILES string of the molecule is Cc1ccnc(N)c1C(=O)c1ccc(N)c(Cl)c1. The molecule has 0 unspecified atom stereocenters. The zero-order chi connectivity index (χ0) is 13.3. The van der Waals surface area contributed by atoms with Crippen molar-refractivity contribution in [2.24, 2.45) is 0 Å². The van der Waals surface area contributed by atoms with E-state index in [9.17, 15) is 4.79 Å². The van der Waals surface area contributed by atoms with Gasteiger partial charge in [-0.3, -0.25) is 4.79 Å². The molecule has 5 heteroatoms. The van der Waals surface area contributed by atoms with E-state index in [1.165, 1.54) is 6.07 Å². The molecule has 4 nitrogen and oxygen atoms in total. The largest absolute Gasteiger partial charge is 0.398 e. The van der Waals surface area contributed by atoms with Crippen LogP contribution in [-0.2, 0) is 0 Å². The highest BCUT2D eigenvalue weighted by Crippen LogP contribution is 2.24. The van der Waals surface area contributed by atoms with Crippen LogP contribution in [0.4, 0.5) is 11.5 Å². The molecule has 0 bridgehead atoms. The first kappa shape index (κ1) is 12.4. The van der Waals surface area contributed by atoms with Gasteiger partial charge < -0.3 is 11.5 Å². The van der Waals surface area contributed by atoms with Gasteiger partial charge in [0.25, 0.3) is 0 Å². The maximum Gasteiger partial charge on any atom is 0.197 e. The molecule has 4 N–H and O–H groups in total. The molecule has 0 aliphatic rings. The Hall–Kier alpha value is -2.07. The van der Waals surface area contributed by atoms with Gasteiger partial charge >= 0.3 is 0 Å². The smallest absolute Gasteiger partial charge is 0.197 e. The summed E-state index contributed by atoms with van der Waals surface area (Å²) in [4.78, 5) is 16.3. The number of anilines is 2. The average molecular weight is 262 g/mol. The van der Waals surface area contributed by atoms with Crippen molar-refractivity contribution < 1.29 is 4.79 Å². The number of halogens is 1. The molecule has 0 fully saturated rings. The van der Waals surface area contributed by atoms with Crippen LogP contribution in [0.3, 0.4) is 0 Å². The van der Waals surface area contributed by atoms with Gasteiger partial charge in [0.2, 0.25) is 0 Å². The molecule has 1 aromatic heterocycles. The van der Waals surface area contributed by atoms with Gasteiger partial charge in [-0.25, -0.2) is 4.98 Å². The minimum absolute atomic E-state index is 0.208. The van der Waals surface area contributed by atoms with Crippen LogP contribution in [0.15, 0.2) is 30.5 Å². The molecular formula is C13H12ClN3O. The van der Waals surface area contributed by atoms with Gasteiger partial charge in [-0.15, -0.1) is 0 Å². The molecule has 0 atom stereocenters. The van der Waals surface area contributed by atoms with Crippen LogP contribution >= 0.6 is 11.6 Å². The van der Waals surface area contributed by atoms with E-state index in [1.807, 2.05) is 6.92 Å². The molecule has 1 heterocycles. The van der Waals surface area contributed by atoms with Crippen molar-refractivity contribution in [3.63, 3.8) is 0 Å². The molecule has 18 heavy (non-hydrogen) atoms. The lowest BCUT2D eigenvalue weighted by atomic mass is 10.00. The van der Waals surface area contributed by atoms with Gasteiger partial charge in [0.05, 0.1) is 16.3 Å². The molecule has 0 radical (unpaired) electrons. The van der Waals surface area contributed by atoms with E-state index in [4.69, 9.17) is 23.1 Å². The second kappa shape index (κ2) is 4.66. The second-order valence-electron chi connectivity index (χ2n) is 3.95. The fourth-order valence-electron chi connectivity index (χ4n) is 1.69. The number of benzene rings is 1. The molecular weight excluding hydrogens is 250 g/mol. The van der Waals surface area contributed by atoms with E-state index in [0.717, 1.165) is 5.56 Å². The Morgan fingerprint density at radius 2 is 2.00 bits per heavy atom. The van der Waals surface area contributed by atoms with Gasteiger partial charge in [-0.05, 0) is 36.8 Å². The third-order valence-electron chi connectivity index (χ3n) is 2.68. The number of nitrogens with two attached hydrogens (primary N) is 2. The van der Waals surface area contributed by atoms with Crippen LogP contribution in [-0.4, -0.2) is 10.8 Å². The van der Waals surface area contributed by atoms with Crippen molar-refractivity contribution in [3.05, 3.63) is 52.2 Å². The fraction of sp³-hybridized carbons (Fsp3) is 0.0769. The van der Waals surface area contributed by atoms with Crippen LogP contribution in [0.25, 0.3) is 0 Å². The summed E-state index contributed by atoms with van der Waals surface area (Å²) in [6.45, 7) is 1.81. The molecule has 0 saturated heterocycles. The molecule has 1 aromatic carbocycles. The average Bonchev–Trinajstić information content (AvgIpc) is 2.32. The molecule has 0 amide bonds. The molecule has 2 rings (SSSR count). The summed E-state index contributed by atoms with van der Waals surface area (Å²) < 4.78 is 0. The topological polar surface area (TPSA) is 82.0 Å². The minimum Gasteiger partial charge on any atom is -0.398 e. The second-order valence-corrected chi connectivity index (χ2v) is 4.36. The zero-order valence-electron chi connectivity index (χ0n) is 9.77. The van der Waals surface area contributed by atoms with Gasteiger partial charge in [-0.2, -0.15) is 0 Å². The Kier molecular flexibility index (Phi) is 3.21. The number of carbonyl (C=O) groups is 1. The highest BCUT2D eigenvalue weighted by molar-refractivity contribution is 6.33. The number of rotatable bonds is 2. The normalized spacial score (nSPS) is 10.3. The van der Waals surface area contributed by atoms with Crippen LogP contribution in [0.2, 0.25) is 5.02 Å². The minimum atomic E-state index is -0.208. The van der Waals surface area contributed by atoms with Crippen molar-refractivity contribution >= 4 is 28.9 Å². The predicted octanol–water partition coefficient (Wildman–Crippen LogP) is 2.44. The standard InChI is InChI=1S/C13H12ClN3O/c1-7-4-5-17-13(16)11(7)12(18)8-2-3-10(15)9(14)6-8/h2-6H,15H2,1H3,(H2,16,17). The van der Waals surface area contributed by atoms with Gasteiger partial charge in [0.1, 0.15) is 5.82 Å². The molecule has 0 spiro atoms. The van der Waals surface area contributed by atoms with Crippen molar-refractivity contribution in [3.8, 4) is 0 Å². The molecule has 2 aromatic rings. The van der Waals surface area contributed by atoms with Gasteiger partial charge in [0.15, 0.2) is 5.78 Å². The monoisotopic (exact) mass is 261 g/mol. The predicted molar refractivity (Wildman–Crippen MR) is 72.7 cm³/mol. The fourth-order valence-corrected chi connectivity index (χ4v) is 1.87. The van der Waals surface area contributed by atoms with Crippen LogP contribution in [0.5, 0.6) is 0 Å². The summed E-state index contributed by atoms with van der Waals surface area (Å²) >= 11 is 5.90.